The van der Waals surface area contributed by atoms with E-state index in [1.54, 1.807) is 0 Å². The highest BCUT2D eigenvalue weighted by Crippen LogP contribution is 2.26. The summed E-state index contributed by atoms with van der Waals surface area (Å²) in [5.74, 6) is 0.216. The lowest BCUT2D eigenvalue weighted by atomic mass is 9.84. The third-order valence-electron chi connectivity index (χ3n) is 3.96. The van der Waals surface area contributed by atoms with Crippen LogP contribution >= 0.6 is 12.4 Å². The SMILES string of the molecule is Cl.NCC(NC(=O)Cn1cc([N+](=O)[O-])cn1)C1CCCCC1. The molecule has 1 heterocycles. The van der Waals surface area contributed by atoms with Crippen LogP contribution in [0, 0.1) is 16.0 Å². The monoisotopic (exact) mass is 331 g/mol. The molecule has 3 N–H and O–H groups in total. The Morgan fingerprint density at radius 3 is 2.73 bits per heavy atom. The lowest BCUT2D eigenvalue weighted by Crippen LogP contribution is -2.47. The Morgan fingerprint density at radius 1 is 1.50 bits per heavy atom. The van der Waals surface area contributed by atoms with Gasteiger partial charge in [-0.2, -0.15) is 5.10 Å². The number of nitrogens with zero attached hydrogens (tertiary/aromatic N) is 3. The molecule has 0 bridgehead atoms. The molecule has 1 unspecified atom stereocenters. The number of halogens is 1. The highest BCUT2D eigenvalue weighted by Gasteiger charge is 2.24. The minimum Gasteiger partial charge on any atom is -0.350 e. The molecule has 1 atom stereocenters. The molecule has 0 aromatic carbocycles. The molecule has 1 fully saturated rings. The first kappa shape index (κ1) is 18.4. The molecule has 0 radical (unpaired) electrons. The number of amides is 1. The third-order valence-corrected chi connectivity index (χ3v) is 3.96. The standard InChI is InChI=1S/C13H21N5O3.ClH/c14-6-12(10-4-2-1-3-5-10)16-13(19)9-17-8-11(7-15-17)18(20)21;/h7-8,10,12H,1-6,9,14H2,(H,16,19);1H. The van der Waals surface area contributed by atoms with Gasteiger partial charge in [0, 0.05) is 12.6 Å². The quantitative estimate of drug-likeness (QED) is 0.601. The summed E-state index contributed by atoms with van der Waals surface area (Å²) < 4.78 is 1.27. The summed E-state index contributed by atoms with van der Waals surface area (Å²) in [6.45, 7) is 0.382. The summed E-state index contributed by atoms with van der Waals surface area (Å²) in [5, 5.41) is 17.3. The van der Waals surface area contributed by atoms with Crippen LogP contribution in [0.4, 0.5) is 5.69 Å². The minimum absolute atomic E-state index is 0. The largest absolute Gasteiger partial charge is 0.350 e. The molecule has 0 aliphatic heterocycles. The van der Waals surface area contributed by atoms with Gasteiger partial charge in [0.25, 0.3) is 0 Å². The van der Waals surface area contributed by atoms with E-state index in [4.69, 9.17) is 5.73 Å². The molecule has 1 aliphatic carbocycles. The van der Waals surface area contributed by atoms with E-state index in [0.29, 0.717) is 12.5 Å². The van der Waals surface area contributed by atoms with Crippen molar-refractivity contribution in [2.45, 2.75) is 44.7 Å². The zero-order valence-electron chi connectivity index (χ0n) is 12.3. The van der Waals surface area contributed by atoms with Crippen LogP contribution in [0.2, 0.25) is 0 Å². The first-order valence-corrected chi connectivity index (χ1v) is 7.26. The number of aromatic nitrogens is 2. The fraction of sp³-hybridized carbons (Fsp3) is 0.692. The normalized spacial score (nSPS) is 16.6. The maximum Gasteiger partial charge on any atom is 0.307 e. The second-order valence-electron chi connectivity index (χ2n) is 5.46. The maximum absolute atomic E-state index is 12.0. The van der Waals surface area contributed by atoms with Gasteiger partial charge in [-0.15, -0.1) is 12.4 Å². The van der Waals surface area contributed by atoms with Gasteiger partial charge in [0.05, 0.1) is 4.92 Å². The van der Waals surface area contributed by atoms with Crippen molar-refractivity contribution in [2.24, 2.45) is 11.7 Å². The van der Waals surface area contributed by atoms with Crippen LogP contribution in [0.3, 0.4) is 0 Å². The van der Waals surface area contributed by atoms with Crippen molar-refractivity contribution in [3.63, 3.8) is 0 Å². The molecule has 9 heteroatoms. The van der Waals surface area contributed by atoms with Crippen molar-refractivity contribution < 1.29 is 9.72 Å². The second kappa shape index (κ2) is 8.70. The minimum atomic E-state index is -0.536. The van der Waals surface area contributed by atoms with Gasteiger partial charge in [0.1, 0.15) is 18.9 Å². The highest BCUT2D eigenvalue weighted by atomic mass is 35.5. The third kappa shape index (κ3) is 4.96. The van der Waals surface area contributed by atoms with Crippen molar-refractivity contribution in [3.05, 3.63) is 22.5 Å². The summed E-state index contributed by atoms with van der Waals surface area (Å²) >= 11 is 0. The van der Waals surface area contributed by atoms with Gasteiger partial charge >= 0.3 is 5.69 Å². The summed E-state index contributed by atoms with van der Waals surface area (Å²) in [7, 11) is 0. The van der Waals surface area contributed by atoms with Crippen molar-refractivity contribution in [1.29, 1.82) is 0 Å². The van der Waals surface area contributed by atoms with E-state index in [1.165, 1.54) is 30.1 Å². The number of nitrogens with one attached hydrogen (secondary N) is 1. The molecule has 0 saturated heterocycles. The molecule has 1 aromatic heterocycles. The number of hydrogen-bond acceptors (Lipinski definition) is 5. The van der Waals surface area contributed by atoms with Crippen LogP contribution in [0.5, 0.6) is 0 Å². The molecule has 124 valence electrons. The van der Waals surface area contributed by atoms with Gasteiger partial charge in [-0.25, -0.2) is 0 Å². The van der Waals surface area contributed by atoms with Gasteiger partial charge < -0.3 is 11.1 Å². The van der Waals surface area contributed by atoms with Gasteiger partial charge in [-0.3, -0.25) is 19.6 Å². The van der Waals surface area contributed by atoms with Crippen LogP contribution in [-0.4, -0.2) is 33.2 Å². The van der Waals surface area contributed by atoms with E-state index in [2.05, 4.69) is 10.4 Å². The summed E-state index contributed by atoms with van der Waals surface area (Å²) in [5.41, 5.74) is 5.64. The Kier molecular flexibility index (Phi) is 7.26. The average Bonchev–Trinajstić information content (AvgIpc) is 2.94. The van der Waals surface area contributed by atoms with Gasteiger partial charge in [-0.1, -0.05) is 19.3 Å². The second-order valence-corrected chi connectivity index (χ2v) is 5.46. The molecular weight excluding hydrogens is 310 g/mol. The van der Waals surface area contributed by atoms with Crippen LogP contribution in [0.25, 0.3) is 0 Å². The Morgan fingerprint density at radius 2 is 2.18 bits per heavy atom. The summed E-state index contributed by atoms with van der Waals surface area (Å²) in [6, 6.07) is -0.0247. The molecular formula is C13H22ClN5O3. The van der Waals surface area contributed by atoms with Gasteiger partial charge in [-0.05, 0) is 18.8 Å². The van der Waals surface area contributed by atoms with E-state index in [1.807, 2.05) is 0 Å². The Hall–Kier alpha value is -1.67. The first-order valence-electron chi connectivity index (χ1n) is 7.26. The molecule has 1 amide bonds. The molecule has 22 heavy (non-hydrogen) atoms. The maximum atomic E-state index is 12.0. The van der Waals surface area contributed by atoms with Crippen LogP contribution in [0.1, 0.15) is 32.1 Å². The summed E-state index contributed by atoms with van der Waals surface area (Å²) in [4.78, 5) is 22.0. The molecule has 2 rings (SSSR count). The number of nitro groups is 1. The number of rotatable bonds is 6. The number of hydrogen-bond donors (Lipinski definition) is 2. The van der Waals surface area contributed by atoms with Gasteiger partial charge in [0.2, 0.25) is 5.91 Å². The van der Waals surface area contributed by atoms with Crippen LogP contribution < -0.4 is 11.1 Å². The summed E-state index contributed by atoms with van der Waals surface area (Å²) in [6.07, 6.45) is 8.18. The van der Waals surface area contributed by atoms with Crippen molar-refractivity contribution >= 4 is 24.0 Å². The smallest absolute Gasteiger partial charge is 0.307 e. The Balaban J connectivity index is 0.00000242. The van der Waals surface area contributed by atoms with E-state index in [-0.39, 0.29) is 36.6 Å². The van der Waals surface area contributed by atoms with Crippen molar-refractivity contribution in [3.8, 4) is 0 Å². The molecule has 1 saturated carbocycles. The number of carbonyl (C=O) groups is 1. The zero-order chi connectivity index (χ0) is 15.2. The average molecular weight is 332 g/mol. The van der Waals surface area contributed by atoms with Gasteiger partial charge in [0.15, 0.2) is 0 Å². The molecule has 8 nitrogen and oxygen atoms in total. The van der Waals surface area contributed by atoms with Crippen LogP contribution in [-0.2, 0) is 11.3 Å². The van der Waals surface area contributed by atoms with E-state index in [9.17, 15) is 14.9 Å². The number of carbonyl (C=O) groups excluding carboxylic acids is 1. The van der Waals surface area contributed by atoms with E-state index in [0.717, 1.165) is 19.0 Å². The van der Waals surface area contributed by atoms with E-state index < -0.39 is 4.92 Å². The van der Waals surface area contributed by atoms with Crippen molar-refractivity contribution in [2.75, 3.05) is 6.54 Å². The number of nitrogens with two attached hydrogens (primary N) is 1. The van der Waals surface area contributed by atoms with Crippen LogP contribution in [0.15, 0.2) is 12.4 Å². The fourth-order valence-corrected chi connectivity index (χ4v) is 2.84. The predicted molar refractivity (Wildman–Crippen MR) is 83.7 cm³/mol. The zero-order valence-corrected chi connectivity index (χ0v) is 13.1. The lowest BCUT2D eigenvalue weighted by molar-refractivity contribution is -0.385. The Bertz CT molecular complexity index is 502. The predicted octanol–water partition coefficient (Wildman–Crippen LogP) is 1.24. The molecule has 1 aliphatic rings. The Labute approximate surface area is 135 Å². The topological polar surface area (TPSA) is 116 Å². The fourth-order valence-electron chi connectivity index (χ4n) is 2.84. The highest BCUT2D eigenvalue weighted by molar-refractivity contribution is 5.85. The molecule has 0 spiro atoms. The molecule has 1 aromatic rings. The van der Waals surface area contributed by atoms with Crippen molar-refractivity contribution in [1.82, 2.24) is 15.1 Å². The lowest BCUT2D eigenvalue weighted by Gasteiger charge is -2.30. The first-order chi connectivity index (χ1) is 10.1. The van der Waals surface area contributed by atoms with E-state index >= 15 is 0 Å².